The molecule has 0 amide bonds. The number of ether oxygens (including phenoxy) is 1. The molecule has 3 rings (SSSR count). The maximum absolute atomic E-state index is 12.4. The summed E-state index contributed by atoms with van der Waals surface area (Å²) < 4.78 is 7.03. The molecule has 116 valence electrons. The van der Waals surface area contributed by atoms with Gasteiger partial charge in [0.15, 0.2) is 0 Å². The summed E-state index contributed by atoms with van der Waals surface area (Å²) in [5.74, 6) is 0.654. The van der Waals surface area contributed by atoms with Gasteiger partial charge in [0.05, 0.1) is 17.6 Å². The third-order valence-electron chi connectivity index (χ3n) is 3.64. The average molecular weight is 308 g/mol. The number of aryl methyl sites for hydroxylation is 1. The zero-order valence-corrected chi connectivity index (χ0v) is 12.7. The standard InChI is InChI=1S/C18H16N2O3/c1-13-16-4-2-3-5-17(16)18(22)20(19-13)10-11-23-15-8-6-14(12-21)7-9-15/h2-9,12H,10-11H2,1H3. The first-order valence-electron chi connectivity index (χ1n) is 7.33. The van der Waals surface area contributed by atoms with Crippen molar-refractivity contribution in [1.82, 2.24) is 9.78 Å². The Balaban J connectivity index is 1.75. The van der Waals surface area contributed by atoms with Gasteiger partial charge >= 0.3 is 0 Å². The fraction of sp³-hybridized carbons (Fsp3) is 0.167. The predicted octanol–water partition coefficient (Wildman–Crippen LogP) is 2.60. The van der Waals surface area contributed by atoms with Crippen LogP contribution in [0.1, 0.15) is 16.1 Å². The van der Waals surface area contributed by atoms with E-state index in [0.29, 0.717) is 29.9 Å². The van der Waals surface area contributed by atoms with Gasteiger partial charge in [0.1, 0.15) is 18.6 Å². The molecule has 0 unspecified atom stereocenters. The molecule has 1 aromatic heterocycles. The number of carbonyl (C=O) groups excluding carboxylic acids is 1. The Morgan fingerprint density at radius 2 is 1.78 bits per heavy atom. The summed E-state index contributed by atoms with van der Waals surface area (Å²) >= 11 is 0. The first kappa shape index (κ1) is 15.0. The molecule has 0 bridgehead atoms. The van der Waals surface area contributed by atoms with E-state index in [4.69, 9.17) is 4.74 Å². The summed E-state index contributed by atoms with van der Waals surface area (Å²) in [4.78, 5) is 23.0. The van der Waals surface area contributed by atoms with Crippen LogP contribution < -0.4 is 10.3 Å². The number of rotatable bonds is 5. The van der Waals surface area contributed by atoms with Crippen molar-refractivity contribution in [2.45, 2.75) is 13.5 Å². The van der Waals surface area contributed by atoms with Crippen LogP contribution in [0.3, 0.4) is 0 Å². The minimum absolute atomic E-state index is 0.119. The molecule has 2 aromatic carbocycles. The number of aldehydes is 1. The smallest absolute Gasteiger partial charge is 0.274 e. The monoisotopic (exact) mass is 308 g/mol. The Morgan fingerprint density at radius 3 is 2.48 bits per heavy atom. The van der Waals surface area contributed by atoms with Crippen molar-refractivity contribution >= 4 is 17.1 Å². The number of nitrogens with zero attached hydrogens (tertiary/aromatic N) is 2. The molecular weight excluding hydrogens is 292 g/mol. The zero-order valence-electron chi connectivity index (χ0n) is 12.7. The van der Waals surface area contributed by atoms with E-state index in [9.17, 15) is 9.59 Å². The quantitative estimate of drug-likeness (QED) is 0.680. The van der Waals surface area contributed by atoms with Gasteiger partial charge in [-0.1, -0.05) is 18.2 Å². The highest BCUT2D eigenvalue weighted by Crippen LogP contribution is 2.13. The zero-order chi connectivity index (χ0) is 16.2. The van der Waals surface area contributed by atoms with Gasteiger partial charge in [-0.25, -0.2) is 4.68 Å². The lowest BCUT2D eigenvalue weighted by Crippen LogP contribution is -2.26. The molecule has 0 N–H and O–H groups in total. The van der Waals surface area contributed by atoms with E-state index in [-0.39, 0.29) is 5.56 Å². The highest BCUT2D eigenvalue weighted by molar-refractivity contribution is 5.83. The van der Waals surface area contributed by atoms with E-state index in [1.807, 2.05) is 31.2 Å². The van der Waals surface area contributed by atoms with Crippen LogP contribution in [-0.2, 0) is 6.54 Å². The second kappa shape index (κ2) is 6.44. The predicted molar refractivity (Wildman–Crippen MR) is 88.1 cm³/mol. The van der Waals surface area contributed by atoms with Gasteiger partial charge in [-0.3, -0.25) is 9.59 Å². The van der Waals surface area contributed by atoms with E-state index in [2.05, 4.69) is 5.10 Å². The first-order valence-corrected chi connectivity index (χ1v) is 7.33. The normalized spacial score (nSPS) is 10.7. The summed E-state index contributed by atoms with van der Waals surface area (Å²) in [5, 5.41) is 5.87. The lowest BCUT2D eigenvalue weighted by Gasteiger charge is -2.10. The number of benzene rings is 2. The van der Waals surface area contributed by atoms with E-state index >= 15 is 0 Å². The minimum atomic E-state index is -0.119. The summed E-state index contributed by atoms with van der Waals surface area (Å²) in [6.45, 7) is 2.57. The third-order valence-corrected chi connectivity index (χ3v) is 3.64. The summed E-state index contributed by atoms with van der Waals surface area (Å²) in [5.41, 5.74) is 1.29. The molecule has 0 saturated carbocycles. The molecule has 0 spiro atoms. The topological polar surface area (TPSA) is 61.2 Å². The minimum Gasteiger partial charge on any atom is -0.492 e. The van der Waals surface area contributed by atoms with E-state index < -0.39 is 0 Å². The first-order chi connectivity index (χ1) is 11.2. The molecule has 23 heavy (non-hydrogen) atoms. The van der Waals surface area contributed by atoms with Gasteiger partial charge in [-0.2, -0.15) is 5.10 Å². The summed E-state index contributed by atoms with van der Waals surface area (Å²) in [6.07, 6.45) is 0.783. The summed E-state index contributed by atoms with van der Waals surface area (Å²) in [7, 11) is 0. The van der Waals surface area contributed by atoms with Gasteiger partial charge in [-0.15, -0.1) is 0 Å². The van der Waals surface area contributed by atoms with Gasteiger partial charge in [0.2, 0.25) is 0 Å². The lowest BCUT2D eigenvalue weighted by molar-refractivity contribution is 0.112. The van der Waals surface area contributed by atoms with Crippen molar-refractivity contribution in [3.05, 3.63) is 70.1 Å². The van der Waals surface area contributed by atoms with Crippen LogP contribution in [-0.4, -0.2) is 22.7 Å². The van der Waals surface area contributed by atoms with Gasteiger partial charge in [-0.05, 0) is 37.3 Å². The fourth-order valence-electron chi connectivity index (χ4n) is 2.45. The number of carbonyl (C=O) groups is 1. The molecule has 5 heteroatoms. The molecule has 0 aliphatic carbocycles. The Kier molecular flexibility index (Phi) is 4.19. The second-order valence-corrected chi connectivity index (χ2v) is 5.19. The molecule has 0 saturated heterocycles. The maximum atomic E-state index is 12.4. The van der Waals surface area contributed by atoms with E-state index in [1.54, 1.807) is 24.3 Å². The van der Waals surface area contributed by atoms with Crippen molar-refractivity contribution in [2.75, 3.05) is 6.61 Å². The van der Waals surface area contributed by atoms with Gasteiger partial charge in [0, 0.05) is 10.9 Å². The highest BCUT2D eigenvalue weighted by Gasteiger charge is 2.07. The fourth-order valence-corrected chi connectivity index (χ4v) is 2.45. The maximum Gasteiger partial charge on any atom is 0.274 e. The van der Waals surface area contributed by atoms with Crippen molar-refractivity contribution in [3.63, 3.8) is 0 Å². The number of aromatic nitrogens is 2. The lowest BCUT2D eigenvalue weighted by atomic mass is 10.1. The Labute approximate surface area is 133 Å². The van der Waals surface area contributed by atoms with Crippen molar-refractivity contribution in [1.29, 1.82) is 0 Å². The molecule has 0 atom stereocenters. The molecule has 1 heterocycles. The molecule has 3 aromatic rings. The SMILES string of the molecule is Cc1nn(CCOc2ccc(C=O)cc2)c(=O)c2ccccc12. The van der Waals surface area contributed by atoms with Crippen molar-refractivity contribution in [2.24, 2.45) is 0 Å². The van der Waals surface area contributed by atoms with Crippen LogP contribution in [0.4, 0.5) is 0 Å². The average Bonchev–Trinajstić information content (AvgIpc) is 2.60. The highest BCUT2D eigenvalue weighted by atomic mass is 16.5. The third kappa shape index (κ3) is 3.13. The van der Waals surface area contributed by atoms with E-state index in [0.717, 1.165) is 17.4 Å². The number of hydrogen-bond donors (Lipinski definition) is 0. The molecule has 5 nitrogen and oxygen atoms in total. The van der Waals surface area contributed by atoms with Crippen LogP contribution in [0, 0.1) is 6.92 Å². The second-order valence-electron chi connectivity index (χ2n) is 5.19. The van der Waals surface area contributed by atoms with Crippen LogP contribution in [0.15, 0.2) is 53.3 Å². The molecular formula is C18H16N2O3. The van der Waals surface area contributed by atoms with Crippen LogP contribution in [0.25, 0.3) is 10.8 Å². The molecule has 0 fully saturated rings. The van der Waals surface area contributed by atoms with Crippen molar-refractivity contribution in [3.8, 4) is 5.75 Å². The molecule has 0 radical (unpaired) electrons. The van der Waals surface area contributed by atoms with Gasteiger partial charge in [0.25, 0.3) is 5.56 Å². The largest absolute Gasteiger partial charge is 0.492 e. The van der Waals surface area contributed by atoms with E-state index in [1.165, 1.54) is 4.68 Å². The Morgan fingerprint density at radius 1 is 1.09 bits per heavy atom. The van der Waals surface area contributed by atoms with Crippen LogP contribution >= 0.6 is 0 Å². The van der Waals surface area contributed by atoms with Crippen LogP contribution in [0.2, 0.25) is 0 Å². The van der Waals surface area contributed by atoms with Gasteiger partial charge < -0.3 is 4.74 Å². The van der Waals surface area contributed by atoms with Crippen molar-refractivity contribution < 1.29 is 9.53 Å². The Bertz CT molecular complexity index is 898. The number of fused-ring (bicyclic) bond motifs is 1. The summed E-state index contributed by atoms with van der Waals surface area (Å²) in [6, 6.07) is 14.3. The molecule has 0 aliphatic rings. The molecule has 0 aliphatic heterocycles. The van der Waals surface area contributed by atoms with Crippen LogP contribution in [0.5, 0.6) is 5.75 Å². The number of hydrogen-bond acceptors (Lipinski definition) is 4. The Hall–Kier alpha value is -2.95.